The summed E-state index contributed by atoms with van der Waals surface area (Å²) in [5.74, 6) is -0.327. The number of ether oxygens (including phenoxy) is 3. The molecule has 4 heteroatoms. The van der Waals surface area contributed by atoms with Crippen LogP contribution < -0.4 is 0 Å². The number of hydrogen-bond acceptors (Lipinski definition) is 4. The molecule has 0 amide bonds. The van der Waals surface area contributed by atoms with E-state index in [1.807, 2.05) is 73.7 Å². The lowest BCUT2D eigenvalue weighted by Crippen LogP contribution is -2.42. The van der Waals surface area contributed by atoms with Crippen LogP contribution in [0.25, 0.3) is 0 Å². The molecule has 0 aliphatic carbocycles. The molecule has 0 bridgehead atoms. The molecule has 2 rings (SSSR count). The summed E-state index contributed by atoms with van der Waals surface area (Å²) in [6, 6.07) is 20.0. The van der Waals surface area contributed by atoms with E-state index < -0.39 is 6.10 Å². The maximum Gasteiger partial charge on any atom is 0.302 e. The van der Waals surface area contributed by atoms with E-state index in [4.69, 9.17) is 14.2 Å². The van der Waals surface area contributed by atoms with Gasteiger partial charge in [0.1, 0.15) is 12.2 Å². The summed E-state index contributed by atoms with van der Waals surface area (Å²) >= 11 is 0. The third-order valence-electron chi connectivity index (χ3n) is 4.43. The average molecular weight is 383 g/mol. The Kier molecular flexibility index (Phi) is 9.46. The quantitative estimate of drug-likeness (QED) is 0.379. The normalized spacial score (nSPS) is 14.1. The van der Waals surface area contributed by atoms with Crippen LogP contribution >= 0.6 is 0 Å². The van der Waals surface area contributed by atoms with Crippen LogP contribution in [0.5, 0.6) is 0 Å². The Balaban J connectivity index is 2.11. The number of carbonyl (C=O) groups is 1. The summed E-state index contributed by atoms with van der Waals surface area (Å²) in [5.41, 5.74) is 2.15. The topological polar surface area (TPSA) is 44.8 Å². The van der Waals surface area contributed by atoms with Crippen molar-refractivity contribution in [2.75, 3.05) is 0 Å². The largest absolute Gasteiger partial charge is 0.460 e. The Hall–Kier alpha value is -2.43. The van der Waals surface area contributed by atoms with E-state index in [-0.39, 0.29) is 18.2 Å². The SMILES string of the molecule is C=CCCC(OCc1ccccc1)C(OCc1ccccc1)C(C)OC(C)=O. The zero-order chi connectivity index (χ0) is 20.2. The fourth-order valence-electron chi connectivity index (χ4n) is 3.04. The highest BCUT2D eigenvalue weighted by atomic mass is 16.6. The Labute approximate surface area is 168 Å². The maximum atomic E-state index is 11.5. The number of esters is 1. The second kappa shape index (κ2) is 12.1. The molecule has 0 aliphatic heterocycles. The van der Waals surface area contributed by atoms with Gasteiger partial charge in [0.15, 0.2) is 0 Å². The van der Waals surface area contributed by atoms with E-state index >= 15 is 0 Å². The van der Waals surface area contributed by atoms with Crippen molar-refractivity contribution in [3.05, 3.63) is 84.4 Å². The van der Waals surface area contributed by atoms with Crippen molar-refractivity contribution in [3.8, 4) is 0 Å². The van der Waals surface area contributed by atoms with Gasteiger partial charge in [-0.25, -0.2) is 0 Å². The van der Waals surface area contributed by atoms with Gasteiger partial charge in [-0.3, -0.25) is 4.79 Å². The van der Waals surface area contributed by atoms with Crippen LogP contribution in [0.1, 0.15) is 37.8 Å². The minimum atomic E-state index is -0.424. The zero-order valence-corrected chi connectivity index (χ0v) is 16.8. The van der Waals surface area contributed by atoms with Crippen molar-refractivity contribution in [2.45, 2.75) is 58.2 Å². The van der Waals surface area contributed by atoms with Gasteiger partial charge in [-0.2, -0.15) is 0 Å². The molecule has 0 heterocycles. The van der Waals surface area contributed by atoms with Crippen molar-refractivity contribution < 1.29 is 19.0 Å². The molecule has 0 saturated carbocycles. The molecule has 2 aromatic carbocycles. The molecule has 0 saturated heterocycles. The second-order valence-corrected chi connectivity index (χ2v) is 6.78. The summed E-state index contributed by atoms with van der Waals surface area (Å²) in [5, 5.41) is 0. The Morgan fingerprint density at radius 3 is 2.00 bits per heavy atom. The molecule has 150 valence electrons. The molecule has 0 spiro atoms. The van der Waals surface area contributed by atoms with E-state index in [1.165, 1.54) is 6.92 Å². The molecular formula is C24H30O4. The second-order valence-electron chi connectivity index (χ2n) is 6.78. The Morgan fingerprint density at radius 1 is 0.964 bits per heavy atom. The van der Waals surface area contributed by atoms with E-state index in [0.29, 0.717) is 13.2 Å². The summed E-state index contributed by atoms with van der Waals surface area (Å²) < 4.78 is 17.9. The fraction of sp³-hybridized carbons (Fsp3) is 0.375. The summed E-state index contributed by atoms with van der Waals surface area (Å²) in [4.78, 5) is 11.5. The third-order valence-corrected chi connectivity index (χ3v) is 4.43. The number of carbonyl (C=O) groups excluding carboxylic acids is 1. The number of allylic oxidation sites excluding steroid dienone is 1. The third kappa shape index (κ3) is 7.67. The highest BCUT2D eigenvalue weighted by Crippen LogP contribution is 2.20. The first-order chi connectivity index (χ1) is 13.6. The number of benzene rings is 2. The lowest BCUT2D eigenvalue weighted by molar-refractivity contribution is -0.168. The predicted molar refractivity (Wildman–Crippen MR) is 111 cm³/mol. The number of hydrogen-bond donors (Lipinski definition) is 0. The van der Waals surface area contributed by atoms with E-state index in [0.717, 1.165) is 24.0 Å². The van der Waals surface area contributed by atoms with Crippen LogP contribution in [0.15, 0.2) is 73.3 Å². The van der Waals surface area contributed by atoms with Gasteiger partial charge >= 0.3 is 5.97 Å². The molecule has 3 atom stereocenters. The van der Waals surface area contributed by atoms with Gasteiger partial charge in [-0.05, 0) is 30.9 Å². The van der Waals surface area contributed by atoms with Crippen molar-refractivity contribution in [1.29, 1.82) is 0 Å². The van der Waals surface area contributed by atoms with Crippen LogP contribution in [-0.2, 0) is 32.2 Å². The van der Waals surface area contributed by atoms with Crippen LogP contribution in [-0.4, -0.2) is 24.3 Å². The van der Waals surface area contributed by atoms with Gasteiger partial charge < -0.3 is 14.2 Å². The van der Waals surface area contributed by atoms with Gasteiger partial charge in [0.2, 0.25) is 0 Å². The maximum absolute atomic E-state index is 11.5. The van der Waals surface area contributed by atoms with Crippen molar-refractivity contribution in [2.24, 2.45) is 0 Å². The van der Waals surface area contributed by atoms with Gasteiger partial charge in [0, 0.05) is 6.92 Å². The van der Waals surface area contributed by atoms with E-state index in [1.54, 1.807) is 0 Å². The van der Waals surface area contributed by atoms with Gasteiger partial charge in [-0.1, -0.05) is 66.7 Å². The van der Waals surface area contributed by atoms with E-state index in [9.17, 15) is 4.79 Å². The molecule has 0 radical (unpaired) electrons. The minimum Gasteiger partial charge on any atom is -0.460 e. The first-order valence-electron chi connectivity index (χ1n) is 9.69. The fourth-order valence-corrected chi connectivity index (χ4v) is 3.04. The summed E-state index contributed by atoms with van der Waals surface area (Å²) in [6.07, 6.45) is 2.36. The molecule has 3 unspecified atom stereocenters. The molecule has 0 fully saturated rings. The van der Waals surface area contributed by atoms with Gasteiger partial charge in [0.05, 0.1) is 19.3 Å². The molecule has 0 aromatic heterocycles. The first-order valence-corrected chi connectivity index (χ1v) is 9.69. The zero-order valence-electron chi connectivity index (χ0n) is 16.8. The Morgan fingerprint density at radius 2 is 1.50 bits per heavy atom. The van der Waals surface area contributed by atoms with Crippen LogP contribution in [0.2, 0.25) is 0 Å². The summed E-state index contributed by atoms with van der Waals surface area (Å²) in [6.45, 7) is 7.98. The molecule has 28 heavy (non-hydrogen) atoms. The highest BCUT2D eigenvalue weighted by Gasteiger charge is 2.30. The molecular weight excluding hydrogens is 352 g/mol. The van der Waals surface area contributed by atoms with Crippen molar-refractivity contribution in [1.82, 2.24) is 0 Å². The predicted octanol–water partition coefficient (Wildman–Crippen LogP) is 5.08. The van der Waals surface area contributed by atoms with Crippen molar-refractivity contribution in [3.63, 3.8) is 0 Å². The average Bonchev–Trinajstić information content (AvgIpc) is 2.70. The summed E-state index contributed by atoms with van der Waals surface area (Å²) in [7, 11) is 0. The smallest absolute Gasteiger partial charge is 0.302 e. The lowest BCUT2D eigenvalue weighted by Gasteiger charge is -2.31. The van der Waals surface area contributed by atoms with Crippen LogP contribution in [0.4, 0.5) is 0 Å². The highest BCUT2D eigenvalue weighted by molar-refractivity contribution is 5.66. The van der Waals surface area contributed by atoms with Crippen molar-refractivity contribution >= 4 is 5.97 Å². The molecule has 4 nitrogen and oxygen atoms in total. The van der Waals surface area contributed by atoms with Gasteiger partial charge in [-0.15, -0.1) is 6.58 Å². The monoisotopic (exact) mass is 382 g/mol. The standard InChI is InChI=1S/C24H30O4/c1-4-5-16-23(26-17-21-12-8-6-9-13-21)24(19(2)28-20(3)25)27-18-22-14-10-7-11-15-22/h4,6-15,19,23-24H,1,5,16-18H2,2-3H3. The van der Waals surface area contributed by atoms with Crippen LogP contribution in [0, 0.1) is 0 Å². The first kappa shape index (κ1) is 21.9. The lowest BCUT2D eigenvalue weighted by atomic mass is 10.0. The molecule has 2 aromatic rings. The Bertz CT molecular complexity index is 699. The van der Waals surface area contributed by atoms with Gasteiger partial charge in [0.25, 0.3) is 0 Å². The molecule has 0 N–H and O–H groups in total. The van der Waals surface area contributed by atoms with E-state index in [2.05, 4.69) is 6.58 Å². The van der Waals surface area contributed by atoms with Crippen LogP contribution in [0.3, 0.4) is 0 Å². The molecule has 0 aliphatic rings. The number of rotatable bonds is 12. The minimum absolute atomic E-state index is 0.226.